The van der Waals surface area contributed by atoms with E-state index in [1.54, 1.807) is 0 Å². The summed E-state index contributed by atoms with van der Waals surface area (Å²) in [6, 6.07) is 14.4. The summed E-state index contributed by atoms with van der Waals surface area (Å²) in [6.07, 6.45) is 0.897. The standard InChI is InChI=1S/C21H24N4O/c1-4-17-18-11-10-14(2)24(18)12-13-25(17)21(26)20-15(3)19(22-23-20)16-8-6-5-7-9-16/h5-11,17H,4,12-13H2,1-3H3,(H,22,23)/t17-/m1/s1. The van der Waals surface area contributed by atoms with E-state index in [0.717, 1.165) is 36.3 Å². The summed E-state index contributed by atoms with van der Waals surface area (Å²) in [5.41, 5.74) is 5.86. The maximum atomic E-state index is 13.3. The normalized spacial score (nSPS) is 16.6. The van der Waals surface area contributed by atoms with Crippen molar-refractivity contribution in [1.29, 1.82) is 0 Å². The van der Waals surface area contributed by atoms with E-state index >= 15 is 0 Å². The topological polar surface area (TPSA) is 53.9 Å². The van der Waals surface area contributed by atoms with Gasteiger partial charge in [-0.25, -0.2) is 0 Å². The number of aromatic amines is 1. The first kappa shape index (κ1) is 16.6. The first-order valence-electron chi connectivity index (χ1n) is 9.19. The number of nitrogens with zero attached hydrogens (tertiary/aromatic N) is 3. The van der Waals surface area contributed by atoms with Crippen LogP contribution in [-0.2, 0) is 6.54 Å². The summed E-state index contributed by atoms with van der Waals surface area (Å²) in [5, 5.41) is 7.42. The van der Waals surface area contributed by atoms with Crippen LogP contribution in [0.3, 0.4) is 0 Å². The second-order valence-corrected chi connectivity index (χ2v) is 6.91. The molecule has 0 spiro atoms. The zero-order valence-corrected chi connectivity index (χ0v) is 15.5. The second kappa shape index (κ2) is 6.48. The minimum Gasteiger partial charge on any atom is -0.345 e. The van der Waals surface area contributed by atoms with Gasteiger partial charge in [-0.1, -0.05) is 37.3 Å². The van der Waals surface area contributed by atoms with Gasteiger partial charge in [0.15, 0.2) is 0 Å². The SMILES string of the molecule is CC[C@@H]1c2ccc(C)n2CCN1C(=O)c1[nH]nc(-c2ccccc2)c1C. The average molecular weight is 348 g/mol. The second-order valence-electron chi connectivity index (χ2n) is 6.91. The molecule has 1 atom stereocenters. The number of carbonyl (C=O) groups excluding carboxylic acids is 1. The largest absolute Gasteiger partial charge is 0.345 e. The summed E-state index contributed by atoms with van der Waals surface area (Å²) < 4.78 is 2.33. The van der Waals surface area contributed by atoms with Crippen LogP contribution in [0.2, 0.25) is 0 Å². The molecule has 0 fully saturated rings. The van der Waals surface area contributed by atoms with Crippen LogP contribution in [-0.4, -0.2) is 32.1 Å². The molecule has 0 unspecified atom stereocenters. The predicted molar refractivity (Wildman–Crippen MR) is 102 cm³/mol. The molecule has 0 aliphatic carbocycles. The van der Waals surface area contributed by atoms with Crippen molar-refractivity contribution in [2.24, 2.45) is 0 Å². The van der Waals surface area contributed by atoms with Crippen molar-refractivity contribution < 1.29 is 4.79 Å². The molecule has 1 aliphatic heterocycles. The van der Waals surface area contributed by atoms with Gasteiger partial charge in [0.25, 0.3) is 5.91 Å². The molecule has 1 aromatic carbocycles. The third-order valence-electron chi connectivity index (χ3n) is 5.43. The summed E-state index contributed by atoms with van der Waals surface area (Å²) >= 11 is 0. The summed E-state index contributed by atoms with van der Waals surface area (Å²) in [6.45, 7) is 7.79. The molecule has 0 saturated heterocycles. The molecule has 5 nitrogen and oxygen atoms in total. The summed E-state index contributed by atoms with van der Waals surface area (Å²) in [4.78, 5) is 15.3. The maximum Gasteiger partial charge on any atom is 0.272 e. The van der Waals surface area contributed by atoms with Crippen LogP contribution < -0.4 is 0 Å². The van der Waals surface area contributed by atoms with Gasteiger partial charge in [0, 0.05) is 35.6 Å². The number of benzene rings is 1. The van der Waals surface area contributed by atoms with Crippen LogP contribution in [0.1, 0.15) is 46.8 Å². The van der Waals surface area contributed by atoms with Crippen LogP contribution in [0.4, 0.5) is 0 Å². The molecule has 5 heteroatoms. The van der Waals surface area contributed by atoms with Crippen molar-refractivity contribution >= 4 is 5.91 Å². The fourth-order valence-electron chi connectivity index (χ4n) is 4.01. The van der Waals surface area contributed by atoms with Gasteiger partial charge >= 0.3 is 0 Å². The van der Waals surface area contributed by atoms with E-state index < -0.39 is 0 Å². The molecular formula is C21H24N4O. The van der Waals surface area contributed by atoms with Gasteiger partial charge in [0.05, 0.1) is 11.7 Å². The molecular weight excluding hydrogens is 324 g/mol. The van der Waals surface area contributed by atoms with Crippen LogP contribution >= 0.6 is 0 Å². The number of H-pyrrole nitrogens is 1. The Morgan fingerprint density at radius 2 is 1.92 bits per heavy atom. The first-order chi connectivity index (χ1) is 12.6. The first-order valence-corrected chi connectivity index (χ1v) is 9.19. The van der Waals surface area contributed by atoms with Crippen molar-refractivity contribution in [3.8, 4) is 11.3 Å². The Balaban J connectivity index is 1.67. The number of aryl methyl sites for hydroxylation is 1. The van der Waals surface area contributed by atoms with Crippen molar-refractivity contribution in [2.75, 3.05) is 6.54 Å². The van der Waals surface area contributed by atoms with Gasteiger partial charge in [0.2, 0.25) is 0 Å². The van der Waals surface area contributed by atoms with Crippen molar-refractivity contribution in [3.05, 3.63) is 65.1 Å². The quantitative estimate of drug-likeness (QED) is 0.775. The van der Waals surface area contributed by atoms with Gasteiger partial charge in [-0.05, 0) is 32.4 Å². The minimum absolute atomic E-state index is 0.0362. The third-order valence-corrected chi connectivity index (χ3v) is 5.43. The lowest BCUT2D eigenvalue weighted by Gasteiger charge is -2.37. The fourth-order valence-corrected chi connectivity index (χ4v) is 4.01. The zero-order valence-electron chi connectivity index (χ0n) is 15.5. The van der Waals surface area contributed by atoms with Gasteiger partial charge in [-0.2, -0.15) is 5.10 Å². The molecule has 1 N–H and O–H groups in total. The molecule has 3 heterocycles. The highest BCUT2D eigenvalue weighted by molar-refractivity contribution is 5.95. The number of nitrogens with one attached hydrogen (secondary N) is 1. The molecule has 134 valence electrons. The molecule has 0 saturated carbocycles. The molecule has 4 rings (SSSR count). The molecule has 26 heavy (non-hydrogen) atoms. The zero-order chi connectivity index (χ0) is 18.3. The number of fused-ring (bicyclic) bond motifs is 1. The lowest BCUT2D eigenvalue weighted by atomic mass is 10.0. The van der Waals surface area contributed by atoms with E-state index in [0.29, 0.717) is 5.69 Å². The average Bonchev–Trinajstić information content (AvgIpc) is 3.24. The third kappa shape index (κ3) is 2.55. The molecule has 0 bridgehead atoms. The van der Waals surface area contributed by atoms with Gasteiger partial charge in [-0.15, -0.1) is 0 Å². The number of hydrogen-bond acceptors (Lipinski definition) is 2. The van der Waals surface area contributed by atoms with Gasteiger partial charge < -0.3 is 9.47 Å². The molecule has 2 aromatic heterocycles. The predicted octanol–water partition coefficient (Wildman–Crippen LogP) is 4.10. The highest BCUT2D eigenvalue weighted by Crippen LogP contribution is 2.32. The Hall–Kier alpha value is -2.82. The fraction of sp³-hybridized carbons (Fsp3) is 0.333. The number of carbonyl (C=O) groups is 1. The Morgan fingerprint density at radius 3 is 2.65 bits per heavy atom. The van der Waals surface area contributed by atoms with Crippen molar-refractivity contribution in [1.82, 2.24) is 19.7 Å². The number of rotatable bonds is 3. The smallest absolute Gasteiger partial charge is 0.272 e. The van der Waals surface area contributed by atoms with E-state index in [-0.39, 0.29) is 11.9 Å². The Kier molecular flexibility index (Phi) is 4.15. The molecule has 1 amide bonds. The Bertz CT molecular complexity index is 938. The Labute approximate surface area is 153 Å². The van der Waals surface area contributed by atoms with Crippen LogP contribution in [0.25, 0.3) is 11.3 Å². The van der Waals surface area contributed by atoms with E-state index in [1.807, 2.05) is 42.2 Å². The van der Waals surface area contributed by atoms with E-state index in [4.69, 9.17) is 0 Å². The molecule has 0 radical (unpaired) electrons. The highest BCUT2D eigenvalue weighted by Gasteiger charge is 2.32. The lowest BCUT2D eigenvalue weighted by molar-refractivity contribution is 0.0609. The van der Waals surface area contributed by atoms with Crippen molar-refractivity contribution in [3.63, 3.8) is 0 Å². The van der Waals surface area contributed by atoms with Crippen LogP contribution in [0, 0.1) is 13.8 Å². The molecule has 1 aliphatic rings. The maximum absolute atomic E-state index is 13.3. The number of amides is 1. The summed E-state index contributed by atoms with van der Waals surface area (Å²) in [5.74, 6) is 0.0362. The van der Waals surface area contributed by atoms with Gasteiger partial charge in [0.1, 0.15) is 5.69 Å². The van der Waals surface area contributed by atoms with E-state index in [9.17, 15) is 4.79 Å². The Morgan fingerprint density at radius 1 is 1.15 bits per heavy atom. The van der Waals surface area contributed by atoms with E-state index in [1.165, 1.54) is 11.4 Å². The monoisotopic (exact) mass is 348 g/mol. The molecule has 3 aromatic rings. The van der Waals surface area contributed by atoms with E-state index in [2.05, 4.69) is 40.7 Å². The lowest BCUT2D eigenvalue weighted by Crippen LogP contribution is -2.42. The summed E-state index contributed by atoms with van der Waals surface area (Å²) in [7, 11) is 0. The van der Waals surface area contributed by atoms with Gasteiger partial charge in [-0.3, -0.25) is 9.89 Å². The number of hydrogen-bond donors (Lipinski definition) is 1. The van der Waals surface area contributed by atoms with Crippen molar-refractivity contribution in [2.45, 2.75) is 39.8 Å². The minimum atomic E-state index is 0.0362. The highest BCUT2D eigenvalue weighted by atomic mass is 16.2. The van der Waals surface area contributed by atoms with Crippen LogP contribution in [0.5, 0.6) is 0 Å². The number of aromatic nitrogens is 3. The van der Waals surface area contributed by atoms with Crippen LogP contribution in [0.15, 0.2) is 42.5 Å².